The molecule has 0 saturated carbocycles. The molecule has 0 fully saturated rings. The maximum Gasteiger partial charge on any atom is 0.341 e. The Morgan fingerprint density at radius 3 is 2.32 bits per heavy atom. The lowest BCUT2D eigenvalue weighted by Crippen LogP contribution is -2.09. The lowest BCUT2D eigenvalue weighted by Gasteiger charge is -2.11. The number of ether oxygens (including phenoxy) is 1. The Morgan fingerprint density at radius 1 is 0.964 bits per heavy atom. The third-order valence-electron chi connectivity index (χ3n) is 3.97. The third kappa shape index (κ3) is 5.75. The van der Waals surface area contributed by atoms with Crippen molar-refractivity contribution in [3.8, 4) is 5.75 Å². The molecular weight excluding hydrogens is 436 g/mol. The molecular formula is C23H19BrO3S. The molecule has 0 unspecified atom stereocenters. The van der Waals surface area contributed by atoms with Crippen molar-refractivity contribution in [1.82, 2.24) is 0 Å². The van der Waals surface area contributed by atoms with Gasteiger partial charge in [0.15, 0.2) is 6.61 Å². The standard InChI is InChI=1S/C23H19BrO3S/c24-22-9-5-4-8-21(22)20(17-6-2-1-3-7-17)14-15-28-19-12-10-18(11-13-19)27-16-23(25)26/h1-14H,15-16H2,(H,25,26)/b20-14+. The minimum Gasteiger partial charge on any atom is -0.482 e. The van der Waals surface area contributed by atoms with Gasteiger partial charge in [-0.15, -0.1) is 11.8 Å². The van der Waals surface area contributed by atoms with Crippen LogP contribution >= 0.6 is 27.7 Å². The zero-order valence-electron chi connectivity index (χ0n) is 15.0. The van der Waals surface area contributed by atoms with E-state index in [4.69, 9.17) is 9.84 Å². The second-order valence-corrected chi connectivity index (χ2v) is 7.88. The van der Waals surface area contributed by atoms with Crippen LogP contribution in [0.2, 0.25) is 0 Å². The molecule has 3 nitrogen and oxygen atoms in total. The molecule has 0 bridgehead atoms. The monoisotopic (exact) mass is 454 g/mol. The highest BCUT2D eigenvalue weighted by molar-refractivity contribution is 9.10. The highest BCUT2D eigenvalue weighted by Gasteiger charge is 2.08. The van der Waals surface area contributed by atoms with Crippen molar-refractivity contribution in [3.63, 3.8) is 0 Å². The largest absolute Gasteiger partial charge is 0.482 e. The first kappa shape index (κ1) is 20.2. The number of aliphatic carboxylic acids is 1. The molecule has 3 rings (SSSR count). The second-order valence-electron chi connectivity index (χ2n) is 5.93. The average Bonchev–Trinajstić information content (AvgIpc) is 2.72. The van der Waals surface area contributed by atoms with E-state index in [9.17, 15) is 4.79 Å². The van der Waals surface area contributed by atoms with Crippen LogP contribution in [0.4, 0.5) is 0 Å². The van der Waals surface area contributed by atoms with E-state index in [0.29, 0.717) is 5.75 Å². The number of thioether (sulfide) groups is 1. The first-order valence-electron chi connectivity index (χ1n) is 8.71. The number of benzene rings is 3. The molecule has 0 spiro atoms. The number of hydrogen-bond donors (Lipinski definition) is 1. The van der Waals surface area contributed by atoms with Gasteiger partial charge in [-0.3, -0.25) is 0 Å². The van der Waals surface area contributed by atoms with Gasteiger partial charge >= 0.3 is 5.97 Å². The number of carboxylic acids is 1. The van der Waals surface area contributed by atoms with E-state index in [1.165, 1.54) is 11.1 Å². The summed E-state index contributed by atoms with van der Waals surface area (Å²) in [5.74, 6) is 0.380. The van der Waals surface area contributed by atoms with Gasteiger partial charge < -0.3 is 9.84 Å². The fourth-order valence-electron chi connectivity index (χ4n) is 2.68. The van der Waals surface area contributed by atoms with Gasteiger partial charge in [0.05, 0.1) is 0 Å². The molecule has 142 valence electrons. The summed E-state index contributed by atoms with van der Waals surface area (Å²) in [5.41, 5.74) is 3.51. The summed E-state index contributed by atoms with van der Waals surface area (Å²) < 4.78 is 6.23. The Labute approximate surface area is 177 Å². The lowest BCUT2D eigenvalue weighted by atomic mass is 9.98. The number of carbonyl (C=O) groups is 1. The van der Waals surface area contributed by atoms with E-state index in [0.717, 1.165) is 20.7 Å². The van der Waals surface area contributed by atoms with Crippen LogP contribution in [0.25, 0.3) is 5.57 Å². The lowest BCUT2D eigenvalue weighted by molar-refractivity contribution is -0.139. The van der Waals surface area contributed by atoms with E-state index < -0.39 is 5.97 Å². The van der Waals surface area contributed by atoms with Gasteiger partial charge in [0.2, 0.25) is 0 Å². The molecule has 0 aliphatic carbocycles. The summed E-state index contributed by atoms with van der Waals surface area (Å²) in [6.45, 7) is -0.332. The summed E-state index contributed by atoms with van der Waals surface area (Å²) in [6, 6.07) is 26.0. The van der Waals surface area contributed by atoms with Crippen LogP contribution < -0.4 is 4.74 Å². The fourth-order valence-corrected chi connectivity index (χ4v) is 3.95. The van der Waals surface area contributed by atoms with Gasteiger partial charge in [-0.05, 0) is 47.0 Å². The SMILES string of the molecule is O=C(O)COc1ccc(SC/C=C(\c2ccccc2)c2ccccc2Br)cc1. The van der Waals surface area contributed by atoms with Crippen LogP contribution in [0, 0.1) is 0 Å². The van der Waals surface area contributed by atoms with Gasteiger partial charge in [0.25, 0.3) is 0 Å². The Bertz CT molecular complexity index is 953. The van der Waals surface area contributed by atoms with Crippen molar-refractivity contribution in [1.29, 1.82) is 0 Å². The first-order chi connectivity index (χ1) is 13.6. The van der Waals surface area contributed by atoms with E-state index in [2.05, 4.69) is 46.3 Å². The van der Waals surface area contributed by atoms with Gasteiger partial charge in [0.1, 0.15) is 5.75 Å². The normalized spacial score (nSPS) is 11.2. The van der Waals surface area contributed by atoms with Crippen LogP contribution in [-0.2, 0) is 4.79 Å². The molecule has 0 amide bonds. The van der Waals surface area contributed by atoms with Crippen LogP contribution in [-0.4, -0.2) is 23.4 Å². The molecule has 3 aromatic rings. The second kappa shape index (κ2) is 10.2. The molecule has 0 aromatic heterocycles. The molecule has 3 aromatic carbocycles. The van der Waals surface area contributed by atoms with Crippen molar-refractivity contribution < 1.29 is 14.6 Å². The molecule has 0 atom stereocenters. The number of halogens is 1. The molecule has 0 radical (unpaired) electrons. The van der Waals surface area contributed by atoms with Crippen molar-refractivity contribution in [2.75, 3.05) is 12.4 Å². The summed E-state index contributed by atoms with van der Waals surface area (Å²) in [7, 11) is 0. The van der Waals surface area contributed by atoms with Crippen molar-refractivity contribution in [2.45, 2.75) is 4.90 Å². The number of carboxylic acid groups (broad SMARTS) is 1. The summed E-state index contributed by atoms with van der Waals surface area (Å²) >= 11 is 5.37. The van der Waals surface area contributed by atoms with Crippen LogP contribution in [0.3, 0.4) is 0 Å². The predicted octanol–water partition coefficient (Wildman–Crippen LogP) is 6.14. The molecule has 0 heterocycles. The minimum absolute atomic E-state index is 0.332. The van der Waals surface area contributed by atoms with Crippen LogP contribution in [0.1, 0.15) is 11.1 Å². The highest BCUT2D eigenvalue weighted by atomic mass is 79.9. The van der Waals surface area contributed by atoms with Gasteiger partial charge in [0, 0.05) is 15.1 Å². The summed E-state index contributed by atoms with van der Waals surface area (Å²) in [6.07, 6.45) is 2.23. The topological polar surface area (TPSA) is 46.5 Å². The van der Waals surface area contributed by atoms with Crippen molar-refractivity contribution in [3.05, 3.63) is 101 Å². The molecule has 28 heavy (non-hydrogen) atoms. The van der Waals surface area contributed by atoms with Gasteiger partial charge in [-0.2, -0.15) is 0 Å². The van der Waals surface area contributed by atoms with Crippen LogP contribution in [0.5, 0.6) is 5.75 Å². The molecule has 5 heteroatoms. The molecule has 1 N–H and O–H groups in total. The Kier molecular flexibility index (Phi) is 7.34. The minimum atomic E-state index is -0.982. The zero-order valence-corrected chi connectivity index (χ0v) is 17.4. The summed E-state index contributed by atoms with van der Waals surface area (Å²) in [4.78, 5) is 11.7. The smallest absolute Gasteiger partial charge is 0.341 e. The number of hydrogen-bond acceptors (Lipinski definition) is 3. The zero-order chi connectivity index (χ0) is 19.8. The Hall–Kier alpha value is -2.50. The first-order valence-corrected chi connectivity index (χ1v) is 10.5. The van der Waals surface area contributed by atoms with E-state index in [1.54, 1.807) is 23.9 Å². The van der Waals surface area contributed by atoms with E-state index in [1.807, 2.05) is 42.5 Å². The van der Waals surface area contributed by atoms with E-state index in [-0.39, 0.29) is 6.61 Å². The molecule has 0 aliphatic rings. The van der Waals surface area contributed by atoms with Crippen LogP contribution in [0.15, 0.2) is 94.3 Å². The Balaban J connectivity index is 1.74. The quantitative estimate of drug-likeness (QED) is 0.415. The van der Waals surface area contributed by atoms with Crippen molar-refractivity contribution >= 4 is 39.2 Å². The Morgan fingerprint density at radius 2 is 1.64 bits per heavy atom. The van der Waals surface area contributed by atoms with E-state index >= 15 is 0 Å². The van der Waals surface area contributed by atoms with Crippen molar-refractivity contribution in [2.24, 2.45) is 0 Å². The predicted molar refractivity (Wildman–Crippen MR) is 118 cm³/mol. The van der Waals surface area contributed by atoms with Gasteiger partial charge in [-0.25, -0.2) is 4.79 Å². The third-order valence-corrected chi connectivity index (χ3v) is 5.60. The maximum atomic E-state index is 10.6. The molecule has 0 saturated heterocycles. The fraction of sp³-hybridized carbons (Fsp3) is 0.0870. The average molecular weight is 455 g/mol. The number of rotatable bonds is 8. The summed E-state index contributed by atoms with van der Waals surface area (Å²) in [5, 5.41) is 8.67. The van der Waals surface area contributed by atoms with Gasteiger partial charge in [-0.1, -0.05) is 70.5 Å². The maximum absolute atomic E-state index is 10.6. The molecule has 0 aliphatic heterocycles. The highest BCUT2D eigenvalue weighted by Crippen LogP contribution is 2.31.